The van der Waals surface area contributed by atoms with E-state index in [2.05, 4.69) is 31.9 Å². The predicted molar refractivity (Wildman–Crippen MR) is 196 cm³/mol. The second-order valence-corrected chi connectivity index (χ2v) is 14.0. The van der Waals surface area contributed by atoms with Crippen LogP contribution in [0.25, 0.3) is 0 Å². The second-order valence-electron chi connectivity index (χ2n) is 12.5. The van der Waals surface area contributed by atoms with Crippen LogP contribution in [-0.4, -0.2) is 57.7 Å². The lowest BCUT2D eigenvalue weighted by atomic mass is 9.87. The minimum atomic E-state index is -2.43. The Morgan fingerprint density at radius 1 is 0.673 bits per heavy atom. The Balaban J connectivity index is 1.66. The number of allylic oxidation sites excluding steroid dienone is 2. The normalized spacial score (nSPS) is 15.4. The Morgan fingerprint density at radius 3 is 1.75 bits per heavy atom. The number of aromatic hydroxyl groups is 1. The lowest BCUT2D eigenvalue weighted by Crippen LogP contribution is -2.47. The maximum atomic E-state index is 13.6. The molecule has 0 spiro atoms. The number of methoxy groups -OCH3 is 1. The minimum Gasteiger partial charge on any atom is -0.506 e. The summed E-state index contributed by atoms with van der Waals surface area (Å²) in [7, 11) is 1.18. The van der Waals surface area contributed by atoms with Crippen LogP contribution in [0.2, 0.25) is 0 Å². The third kappa shape index (κ3) is 6.66. The number of carbonyl (C=O) groups excluding carboxylic acids is 4. The van der Waals surface area contributed by atoms with E-state index in [4.69, 9.17) is 18.9 Å². The smallest absolute Gasteiger partial charge is 0.356 e. The number of ketones is 1. The lowest BCUT2D eigenvalue weighted by Gasteiger charge is -2.30. The fraction of sp³-hybridized carbons (Fsp3) is 0.289. The highest BCUT2D eigenvalue weighted by Crippen LogP contribution is 2.44. The fourth-order valence-corrected chi connectivity index (χ4v) is 7.15. The van der Waals surface area contributed by atoms with E-state index in [1.54, 1.807) is 41.5 Å². The SMILES string of the molecule is COC1=CC(=O)C=C(C)[C@]1(O)C(=O)Oc1c(C)c(C)c(C(=O)Oc2cc(C)c(C(=O)Oc3c(C)c(C)c(C(=O)O)c(C)c3Br)c(C)c2C)c(O)c1Br. The van der Waals surface area contributed by atoms with Crippen molar-refractivity contribution >= 4 is 61.5 Å². The van der Waals surface area contributed by atoms with Crippen LogP contribution in [0.3, 0.4) is 0 Å². The summed E-state index contributed by atoms with van der Waals surface area (Å²) in [5.41, 5.74) is 0.682. The molecule has 3 N–H and O–H groups in total. The number of halogens is 2. The number of phenols is 1. The highest BCUT2D eigenvalue weighted by Gasteiger charge is 2.48. The zero-order valence-corrected chi connectivity index (χ0v) is 33.2. The number of aliphatic hydroxyl groups is 1. The number of hydrogen-bond donors (Lipinski definition) is 3. The molecule has 52 heavy (non-hydrogen) atoms. The van der Waals surface area contributed by atoms with Crippen molar-refractivity contribution in [3.8, 4) is 23.0 Å². The molecule has 0 amide bonds. The van der Waals surface area contributed by atoms with Crippen LogP contribution in [0.5, 0.6) is 23.0 Å². The van der Waals surface area contributed by atoms with E-state index in [-0.39, 0.29) is 60.9 Å². The molecular weight excluding hydrogens is 808 g/mol. The number of esters is 3. The summed E-state index contributed by atoms with van der Waals surface area (Å²) in [4.78, 5) is 64.4. The summed E-state index contributed by atoms with van der Waals surface area (Å²) < 4.78 is 22.4. The number of phenolic OH excluding ortho intramolecular Hbond substituents is 1. The van der Waals surface area contributed by atoms with Crippen LogP contribution in [0, 0.1) is 55.4 Å². The monoisotopic (exact) mass is 842 g/mol. The largest absolute Gasteiger partial charge is 0.506 e. The molecule has 0 radical (unpaired) electrons. The molecule has 0 heterocycles. The van der Waals surface area contributed by atoms with Crippen LogP contribution in [0.15, 0.2) is 38.5 Å². The van der Waals surface area contributed by atoms with Gasteiger partial charge in [0.05, 0.1) is 22.7 Å². The van der Waals surface area contributed by atoms with Gasteiger partial charge < -0.3 is 34.3 Å². The number of carboxylic acid groups (broad SMARTS) is 1. The summed E-state index contributed by atoms with van der Waals surface area (Å²) in [5.74, 6) is -5.33. The molecule has 274 valence electrons. The van der Waals surface area contributed by atoms with E-state index < -0.39 is 41.0 Å². The molecule has 0 saturated carbocycles. The van der Waals surface area contributed by atoms with E-state index in [0.717, 1.165) is 12.2 Å². The molecule has 0 aromatic heterocycles. The molecule has 14 heteroatoms. The van der Waals surface area contributed by atoms with Crippen molar-refractivity contribution in [2.75, 3.05) is 7.11 Å². The van der Waals surface area contributed by atoms with Gasteiger partial charge in [0.1, 0.15) is 33.0 Å². The number of rotatable bonds is 8. The number of aryl methyl sites for hydroxylation is 1. The number of carboxylic acids is 1. The van der Waals surface area contributed by atoms with Gasteiger partial charge in [-0.15, -0.1) is 0 Å². The van der Waals surface area contributed by atoms with E-state index in [9.17, 15) is 39.3 Å². The summed E-state index contributed by atoms with van der Waals surface area (Å²) in [6.07, 6.45) is 2.03. The summed E-state index contributed by atoms with van der Waals surface area (Å²) in [6.45, 7) is 14.2. The zero-order valence-electron chi connectivity index (χ0n) is 30.0. The maximum Gasteiger partial charge on any atom is 0.356 e. The van der Waals surface area contributed by atoms with Gasteiger partial charge in [-0.05, 0) is 156 Å². The van der Waals surface area contributed by atoms with Crippen LogP contribution < -0.4 is 14.2 Å². The first-order chi connectivity index (χ1) is 24.1. The second kappa shape index (κ2) is 14.7. The average molecular weight is 845 g/mol. The van der Waals surface area contributed by atoms with Crippen molar-refractivity contribution < 1.29 is 58.2 Å². The van der Waals surface area contributed by atoms with Crippen LogP contribution in [-0.2, 0) is 14.3 Å². The van der Waals surface area contributed by atoms with Gasteiger partial charge in [0.25, 0.3) is 0 Å². The van der Waals surface area contributed by atoms with Gasteiger partial charge in [0, 0.05) is 6.08 Å². The molecule has 3 aromatic carbocycles. The van der Waals surface area contributed by atoms with Crippen LogP contribution >= 0.6 is 31.9 Å². The molecule has 4 rings (SSSR count). The molecule has 3 aromatic rings. The van der Waals surface area contributed by atoms with Crippen LogP contribution in [0.4, 0.5) is 0 Å². The number of benzene rings is 3. The van der Waals surface area contributed by atoms with Crippen molar-refractivity contribution in [3.63, 3.8) is 0 Å². The zero-order chi connectivity index (χ0) is 39.3. The maximum absolute atomic E-state index is 13.6. The quantitative estimate of drug-likeness (QED) is 0.153. The first-order valence-corrected chi connectivity index (χ1v) is 17.2. The fourth-order valence-electron chi connectivity index (χ4n) is 6.00. The molecule has 0 bridgehead atoms. The number of ether oxygens (including phenoxy) is 4. The van der Waals surface area contributed by atoms with Gasteiger partial charge in [-0.25, -0.2) is 19.2 Å². The standard InChI is InChI=1S/C38H36Br2O12/c1-14-11-24(16(3)17(4)26(14)35(45)51-32-20(7)18(5)27(34(43)44)22(9)29(32)39)50-36(46)28-19(6)21(8)33(30(40)31(28)42)52-37(47)38(48)15(2)12-23(41)13-25(38)49-10/h11-13,42,48H,1-10H3,(H,43,44)/t38-/m1/s1. The van der Waals surface area contributed by atoms with Crippen molar-refractivity contribution in [3.05, 3.63) is 99.7 Å². The first-order valence-electron chi connectivity index (χ1n) is 15.6. The Bertz CT molecular complexity index is 2140. The lowest BCUT2D eigenvalue weighted by molar-refractivity contribution is -0.151. The highest BCUT2D eigenvalue weighted by atomic mass is 79.9. The Kier molecular flexibility index (Phi) is 11.3. The van der Waals surface area contributed by atoms with E-state index >= 15 is 0 Å². The molecule has 1 atom stereocenters. The predicted octanol–water partition coefficient (Wildman–Crippen LogP) is 7.22. The Morgan fingerprint density at radius 2 is 1.19 bits per heavy atom. The van der Waals surface area contributed by atoms with Gasteiger partial charge in [-0.2, -0.15) is 0 Å². The summed E-state index contributed by atoms with van der Waals surface area (Å²) in [5, 5.41) is 32.1. The average Bonchev–Trinajstić information content (AvgIpc) is 3.07. The molecule has 1 aliphatic carbocycles. The molecule has 0 aliphatic heterocycles. The van der Waals surface area contributed by atoms with Gasteiger partial charge in [-0.3, -0.25) is 4.79 Å². The third-order valence-corrected chi connectivity index (χ3v) is 11.1. The molecule has 12 nitrogen and oxygen atoms in total. The van der Waals surface area contributed by atoms with Gasteiger partial charge in [-0.1, -0.05) is 0 Å². The van der Waals surface area contributed by atoms with E-state index in [1.165, 1.54) is 33.9 Å². The Hall–Kier alpha value is -4.79. The highest BCUT2D eigenvalue weighted by molar-refractivity contribution is 9.11. The molecule has 0 unspecified atom stereocenters. The van der Waals surface area contributed by atoms with Crippen molar-refractivity contribution in [1.29, 1.82) is 0 Å². The first kappa shape index (κ1) is 40.0. The van der Waals surface area contributed by atoms with E-state index in [0.29, 0.717) is 37.9 Å². The van der Waals surface area contributed by atoms with Crippen molar-refractivity contribution in [2.45, 2.75) is 67.9 Å². The van der Waals surface area contributed by atoms with Gasteiger partial charge >= 0.3 is 23.9 Å². The number of aromatic carboxylic acids is 1. The summed E-state index contributed by atoms with van der Waals surface area (Å²) in [6, 6.07) is 1.49. The molecule has 0 fully saturated rings. The Labute approximate surface area is 316 Å². The van der Waals surface area contributed by atoms with Crippen molar-refractivity contribution in [1.82, 2.24) is 0 Å². The molecular formula is C38H36Br2O12. The molecule has 1 aliphatic rings. The van der Waals surface area contributed by atoms with Crippen molar-refractivity contribution in [2.24, 2.45) is 0 Å². The number of hydrogen-bond acceptors (Lipinski definition) is 11. The van der Waals surface area contributed by atoms with Gasteiger partial charge in [0.2, 0.25) is 5.60 Å². The summed E-state index contributed by atoms with van der Waals surface area (Å²) >= 11 is 6.59. The molecule has 0 saturated heterocycles. The number of carbonyl (C=O) groups is 5. The van der Waals surface area contributed by atoms with Gasteiger partial charge in [0.15, 0.2) is 11.5 Å². The topological polar surface area (TPSA) is 183 Å². The van der Waals surface area contributed by atoms with E-state index in [1.807, 2.05) is 0 Å². The minimum absolute atomic E-state index is 0.0421. The third-order valence-electron chi connectivity index (χ3n) is 9.44. The van der Waals surface area contributed by atoms with Crippen LogP contribution in [0.1, 0.15) is 82.5 Å².